The first kappa shape index (κ1) is 5.01. The summed E-state index contributed by atoms with van der Waals surface area (Å²) < 4.78 is 0. The van der Waals surface area contributed by atoms with Crippen molar-refractivity contribution < 1.29 is 0 Å². The van der Waals surface area contributed by atoms with E-state index >= 15 is 0 Å². The van der Waals surface area contributed by atoms with Crippen LogP contribution in [-0.2, 0) is 0 Å². The maximum Gasteiger partial charge on any atom is 0.0372 e. The number of fused-ring (bicyclic) bond motifs is 2. The van der Waals surface area contributed by atoms with E-state index in [1.165, 1.54) is 19.3 Å². The van der Waals surface area contributed by atoms with Gasteiger partial charge in [-0.05, 0) is 42.9 Å². The fraction of sp³-hybridized carbons (Fsp3) is 1.00. The van der Waals surface area contributed by atoms with Gasteiger partial charge in [0.25, 0.3) is 0 Å². The topological polar surface area (TPSA) is 0 Å². The second-order valence-electron chi connectivity index (χ2n) is 3.90. The van der Waals surface area contributed by atoms with Crippen LogP contribution in [0, 0.1) is 23.7 Å². The lowest BCUT2D eigenvalue weighted by Gasteiger charge is -2.34. The molecule has 0 nitrogen and oxygen atoms in total. The highest BCUT2D eigenvalue weighted by molar-refractivity contribution is 6.21. The Bertz CT molecular complexity index is 143. The van der Waals surface area contributed by atoms with Crippen molar-refractivity contribution in [3.8, 4) is 0 Å². The second-order valence-corrected chi connectivity index (χ2v) is 4.46. The molecule has 50 valence electrons. The Morgan fingerprint density at radius 3 is 2.00 bits per heavy atom. The second kappa shape index (κ2) is 1.32. The van der Waals surface area contributed by atoms with Crippen LogP contribution in [0.15, 0.2) is 0 Å². The van der Waals surface area contributed by atoms with Crippen molar-refractivity contribution in [3.63, 3.8) is 0 Å². The van der Waals surface area contributed by atoms with Gasteiger partial charge in [0.1, 0.15) is 0 Å². The van der Waals surface area contributed by atoms with Crippen molar-refractivity contribution >= 4 is 11.6 Å². The molecule has 3 atom stereocenters. The number of rotatable bonds is 0. The fourth-order valence-corrected chi connectivity index (χ4v) is 4.14. The summed E-state index contributed by atoms with van der Waals surface area (Å²) in [5, 5.41) is 0.576. The van der Waals surface area contributed by atoms with Crippen LogP contribution >= 0.6 is 11.6 Å². The molecule has 5 rings (SSSR count). The quantitative estimate of drug-likeness (QED) is 0.456. The minimum absolute atomic E-state index is 0.576. The van der Waals surface area contributed by atoms with Crippen molar-refractivity contribution in [3.05, 3.63) is 0 Å². The minimum Gasteiger partial charge on any atom is -0.123 e. The van der Waals surface area contributed by atoms with E-state index in [0.29, 0.717) is 5.38 Å². The van der Waals surface area contributed by atoms with E-state index in [4.69, 9.17) is 11.6 Å². The predicted octanol–water partition coefficient (Wildman–Crippen LogP) is 2.27. The largest absolute Gasteiger partial charge is 0.123 e. The first-order valence-corrected chi connectivity index (χ1v) is 4.45. The van der Waals surface area contributed by atoms with E-state index in [0.717, 1.165) is 23.7 Å². The van der Waals surface area contributed by atoms with Crippen LogP contribution in [0.5, 0.6) is 0 Å². The summed E-state index contributed by atoms with van der Waals surface area (Å²) in [6.45, 7) is 0. The van der Waals surface area contributed by atoms with E-state index in [1.54, 1.807) is 0 Å². The number of halogens is 1. The van der Waals surface area contributed by atoms with Gasteiger partial charge < -0.3 is 0 Å². The fourth-order valence-electron chi connectivity index (χ4n) is 3.56. The molecule has 0 saturated heterocycles. The molecule has 0 heterocycles. The van der Waals surface area contributed by atoms with Crippen molar-refractivity contribution in [2.24, 2.45) is 23.7 Å². The molecule has 0 spiro atoms. The van der Waals surface area contributed by atoms with Gasteiger partial charge in [0.05, 0.1) is 0 Å². The molecule has 5 saturated carbocycles. The zero-order valence-corrected chi connectivity index (χ0v) is 6.14. The van der Waals surface area contributed by atoms with E-state index in [-0.39, 0.29) is 0 Å². The van der Waals surface area contributed by atoms with E-state index in [9.17, 15) is 0 Å². The van der Waals surface area contributed by atoms with Crippen LogP contribution in [0.1, 0.15) is 19.3 Å². The predicted molar refractivity (Wildman–Crippen MR) is 37.5 cm³/mol. The highest BCUT2D eigenvalue weighted by Gasteiger charge is 2.63. The van der Waals surface area contributed by atoms with Gasteiger partial charge >= 0.3 is 0 Å². The maximum absolute atomic E-state index is 6.13. The zero-order chi connectivity index (χ0) is 6.01. The lowest BCUT2D eigenvalue weighted by molar-refractivity contribution is 0.138. The summed E-state index contributed by atoms with van der Waals surface area (Å²) in [6, 6.07) is 0. The zero-order valence-electron chi connectivity index (χ0n) is 5.39. The van der Waals surface area contributed by atoms with Crippen molar-refractivity contribution in [2.75, 3.05) is 0 Å². The van der Waals surface area contributed by atoms with Gasteiger partial charge in [0, 0.05) is 5.38 Å². The molecule has 0 aliphatic heterocycles. The molecule has 2 unspecified atom stereocenters. The third kappa shape index (κ3) is 0.382. The normalized spacial score (nSPS) is 68.3. The van der Waals surface area contributed by atoms with Crippen LogP contribution < -0.4 is 0 Å². The Balaban J connectivity index is 2.01. The first-order chi connectivity index (χ1) is 4.38. The Morgan fingerprint density at radius 2 is 1.67 bits per heavy atom. The number of alkyl halides is 1. The molecule has 4 bridgehead atoms. The van der Waals surface area contributed by atoms with Crippen LogP contribution in [-0.4, -0.2) is 5.38 Å². The average Bonchev–Trinajstić information content (AvgIpc) is 2.34. The van der Waals surface area contributed by atoms with Crippen LogP contribution in [0.4, 0.5) is 0 Å². The van der Waals surface area contributed by atoms with Crippen LogP contribution in [0.3, 0.4) is 0 Å². The molecule has 5 aliphatic rings. The van der Waals surface area contributed by atoms with Crippen LogP contribution in [0.2, 0.25) is 0 Å². The van der Waals surface area contributed by atoms with E-state index < -0.39 is 0 Å². The lowest BCUT2D eigenvalue weighted by Crippen LogP contribution is -2.31. The molecule has 0 aromatic rings. The van der Waals surface area contributed by atoms with Gasteiger partial charge in [-0.2, -0.15) is 0 Å². The van der Waals surface area contributed by atoms with Gasteiger partial charge in [0.15, 0.2) is 0 Å². The Labute approximate surface area is 60.6 Å². The van der Waals surface area contributed by atoms with Crippen molar-refractivity contribution in [2.45, 2.75) is 24.6 Å². The summed E-state index contributed by atoms with van der Waals surface area (Å²) in [6.07, 6.45) is 4.36. The monoisotopic (exact) mass is 142 g/mol. The summed E-state index contributed by atoms with van der Waals surface area (Å²) in [5.41, 5.74) is 0. The minimum atomic E-state index is 0.576. The number of hydrogen-bond acceptors (Lipinski definition) is 0. The van der Waals surface area contributed by atoms with Crippen LogP contribution in [0.25, 0.3) is 0 Å². The molecule has 5 aliphatic carbocycles. The Kier molecular flexibility index (Phi) is 0.733. The van der Waals surface area contributed by atoms with E-state index in [1.807, 2.05) is 0 Å². The summed E-state index contributed by atoms with van der Waals surface area (Å²) in [5.74, 6) is 4.21. The molecular weight excluding hydrogens is 132 g/mol. The van der Waals surface area contributed by atoms with Gasteiger partial charge in [-0.25, -0.2) is 0 Å². The lowest BCUT2D eigenvalue weighted by atomic mass is 9.71. The first-order valence-electron chi connectivity index (χ1n) is 4.02. The highest BCUT2D eigenvalue weighted by atomic mass is 35.5. The number of hydrogen-bond donors (Lipinski definition) is 0. The summed E-state index contributed by atoms with van der Waals surface area (Å²) in [7, 11) is 0. The third-order valence-corrected chi connectivity index (χ3v) is 4.31. The molecule has 9 heavy (non-hydrogen) atoms. The van der Waals surface area contributed by atoms with Crippen molar-refractivity contribution in [1.29, 1.82) is 0 Å². The molecule has 0 radical (unpaired) electrons. The molecule has 0 aromatic heterocycles. The summed E-state index contributed by atoms with van der Waals surface area (Å²) in [4.78, 5) is 0. The smallest absolute Gasteiger partial charge is 0.0372 e. The van der Waals surface area contributed by atoms with Crippen molar-refractivity contribution in [1.82, 2.24) is 0 Å². The molecule has 0 aromatic carbocycles. The summed E-state index contributed by atoms with van der Waals surface area (Å²) >= 11 is 6.13. The molecule has 5 fully saturated rings. The Morgan fingerprint density at radius 1 is 1.00 bits per heavy atom. The average molecular weight is 143 g/mol. The van der Waals surface area contributed by atoms with Gasteiger partial charge in [-0.1, -0.05) is 0 Å². The maximum atomic E-state index is 6.13. The SMILES string of the molecule is Cl[C@H]1CC2C3CCC2C31. The third-order valence-electron chi connectivity index (χ3n) is 3.84. The molecule has 0 amide bonds. The molecule has 0 N–H and O–H groups in total. The molecule has 1 heteroatoms. The van der Waals surface area contributed by atoms with Gasteiger partial charge in [0.2, 0.25) is 0 Å². The standard InChI is InChI=1S/C8H11Cl/c9-7-3-6-4-1-2-5(6)8(4)7/h4-8H,1-3H2/t4?,5?,6?,7-,8?/m0/s1. The highest BCUT2D eigenvalue weighted by Crippen LogP contribution is 2.68. The van der Waals surface area contributed by atoms with Gasteiger partial charge in [-0.3, -0.25) is 0 Å². The van der Waals surface area contributed by atoms with E-state index in [2.05, 4.69) is 0 Å². The Hall–Kier alpha value is 0.290. The van der Waals surface area contributed by atoms with Gasteiger partial charge in [-0.15, -0.1) is 11.6 Å². The molecular formula is C8H11Cl.